The molecule has 13 heteroatoms. The van der Waals surface area contributed by atoms with Gasteiger partial charge in [0.25, 0.3) is 5.91 Å². The molecule has 0 radical (unpaired) electrons. The number of aromatic nitrogens is 1. The molecule has 0 saturated carbocycles. The molecule has 0 fully saturated rings. The summed E-state index contributed by atoms with van der Waals surface area (Å²) in [7, 11) is 0.572. The normalized spacial score (nSPS) is 15.7. The summed E-state index contributed by atoms with van der Waals surface area (Å²) < 4.78 is 123. The van der Waals surface area contributed by atoms with Gasteiger partial charge in [-0.1, -0.05) is 12.1 Å². The predicted molar refractivity (Wildman–Crippen MR) is 92.1 cm³/mol. The molecule has 1 aromatic heterocycles. The Morgan fingerprint density at radius 2 is 1.50 bits per heavy atom. The number of methoxy groups -OCH3 is 1. The van der Waals surface area contributed by atoms with Crippen LogP contribution in [0.15, 0.2) is 42.6 Å². The number of nitrogens with one attached hydrogen (secondary N) is 1. The van der Waals surface area contributed by atoms with Crippen LogP contribution in [0.3, 0.4) is 0 Å². The predicted octanol–water partition coefficient (Wildman–Crippen LogP) is 5.29. The zero-order valence-electron chi connectivity index (χ0n) is 16.3. The summed E-state index contributed by atoms with van der Waals surface area (Å²) in [5, 5.41) is 1.79. The number of benzene rings is 1. The molecule has 2 unspecified atom stereocenters. The molecule has 1 amide bonds. The third kappa shape index (κ3) is 5.14. The number of nitrogens with zero attached hydrogens (tertiary/aromatic N) is 1. The van der Waals surface area contributed by atoms with E-state index >= 15 is 0 Å². The number of amides is 1. The van der Waals surface area contributed by atoms with Gasteiger partial charge in [0.15, 0.2) is 0 Å². The summed E-state index contributed by atoms with van der Waals surface area (Å²) in [6.07, 6.45) is -14.2. The fourth-order valence-electron chi connectivity index (χ4n) is 2.67. The Hall–Kier alpha value is -2.83. The second-order valence-electron chi connectivity index (χ2n) is 6.70. The van der Waals surface area contributed by atoms with Crippen molar-refractivity contribution < 1.29 is 49.0 Å². The first-order chi connectivity index (χ1) is 14.5. The Labute approximate surface area is 175 Å². The van der Waals surface area contributed by atoms with Crippen LogP contribution in [-0.2, 0) is 21.9 Å². The number of alkyl halides is 9. The summed E-state index contributed by atoms with van der Waals surface area (Å²) in [5.41, 5.74) is -7.27. The largest absolute Gasteiger partial charge is 0.426 e. The lowest BCUT2D eigenvalue weighted by atomic mass is 9.96. The first-order valence-corrected chi connectivity index (χ1v) is 8.64. The highest BCUT2D eigenvalue weighted by atomic mass is 19.4. The molecule has 0 spiro atoms. The molecule has 1 N–H and O–H groups in total. The van der Waals surface area contributed by atoms with Crippen molar-refractivity contribution in [2.45, 2.75) is 37.1 Å². The minimum Gasteiger partial charge on any atom is -0.361 e. The minimum absolute atomic E-state index is 0.356. The van der Waals surface area contributed by atoms with Crippen molar-refractivity contribution in [3.05, 3.63) is 65.0 Å². The van der Waals surface area contributed by atoms with Crippen molar-refractivity contribution in [2.24, 2.45) is 0 Å². The Bertz CT molecular complexity index is 953. The molecular weight excluding hydrogens is 459 g/mol. The van der Waals surface area contributed by atoms with Crippen LogP contribution in [0.25, 0.3) is 0 Å². The van der Waals surface area contributed by atoms with Crippen LogP contribution < -0.4 is 5.32 Å². The average molecular weight is 474 g/mol. The lowest BCUT2D eigenvalue weighted by Crippen LogP contribution is -2.56. The van der Waals surface area contributed by atoms with Gasteiger partial charge in [0.1, 0.15) is 0 Å². The maximum absolute atomic E-state index is 13.5. The molecule has 1 aromatic carbocycles. The third-order valence-electron chi connectivity index (χ3n) is 4.65. The zero-order chi connectivity index (χ0) is 24.5. The SMILES string of the molecule is COC(C)(C(=O)NC(c1ccc(C(F)(F)F)cc1)c1ncccc1C(F)(F)F)C(F)(F)F. The van der Waals surface area contributed by atoms with Crippen LogP contribution in [0.4, 0.5) is 39.5 Å². The van der Waals surface area contributed by atoms with Gasteiger partial charge in [-0.25, -0.2) is 0 Å². The van der Waals surface area contributed by atoms with Gasteiger partial charge >= 0.3 is 18.5 Å². The van der Waals surface area contributed by atoms with E-state index in [-0.39, 0.29) is 5.56 Å². The highest BCUT2D eigenvalue weighted by Crippen LogP contribution is 2.38. The van der Waals surface area contributed by atoms with E-state index in [0.717, 1.165) is 24.4 Å². The lowest BCUT2D eigenvalue weighted by molar-refractivity contribution is -0.254. The Morgan fingerprint density at radius 3 is 1.94 bits per heavy atom. The maximum Gasteiger partial charge on any atom is 0.426 e. The number of rotatable bonds is 5. The summed E-state index contributed by atoms with van der Waals surface area (Å²) in [6.45, 7) is 0.356. The summed E-state index contributed by atoms with van der Waals surface area (Å²) in [6, 6.07) is 2.02. The number of halogens is 9. The first kappa shape index (κ1) is 25.4. The van der Waals surface area contributed by atoms with Crippen molar-refractivity contribution in [3.63, 3.8) is 0 Å². The molecule has 0 aliphatic carbocycles. The van der Waals surface area contributed by atoms with Gasteiger partial charge in [0.2, 0.25) is 5.60 Å². The molecule has 4 nitrogen and oxygen atoms in total. The first-order valence-electron chi connectivity index (χ1n) is 8.64. The molecule has 0 aliphatic heterocycles. The fraction of sp³-hybridized carbons (Fsp3) is 0.368. The molecule has 0 aliphatic rings. The molecule has 1 heterocycles. The van der Waals surface area contributed by atoms with E-state index in [4.69, 9.17) is 0 Å². The van der Waals surface area contributed by atoms with Gasteiger partial charge in [0.05, 0.1) is 22.9 Å². The van der Waals surface area contributed by atoms with Crippen LogP contribution in [0.5, 0.6) is 0 Å². The van der Waals surface area contributed by atoms with E-state index in [1.165, 1.54) is 0 Å². The fourth-order valence-corrected chi connectivity index (χ4v) is 2.67. The molecule has 0 bridgehead atoms. The topological polar surface area (TPSA) is 51.2 Å². The van der Waals surface area contributed by atoms with Crippen LogP contribution in [-0.4, -0.2) is 29.8 Å². The van der Waals surface area contributed by atoms with Crippen LogP contribution in [0.1, 0.15) is 35.3 Å². The minimum atomic E-state index is -5.26. The van der Waals surface area contributed by atoms with E-state index in [2.05, 4.69) is 9.72 Å². The molecule has 0 saturated heterocycles. The van der Waals surface area contributed by atoms with Crippen LogP contribution in [0, 0.1) is 0 Å². The number of ether oxygens (including phenoxy) is 1. The maximum atomic E-state index is 13.5. The van der Waals surface area contributed by atoms with E-state index in [1.54, 1.807) is 5.32 Å². The molecule has 176 valence electrons. The Kier molecular flexibility index (Phi) is 6.84. The zero-order valence-corrected chi connectivity index (χ0v) is 16.3. The van der Waals surface area contributed by atoms with E-state index in [9.17, 15) is 44.3 Å². The molecule has 2 aromatic rings. The van der Waals surface area contributed by atoms with Crippen molar-refractivity contribution in [1.29, 1.82) is 0 Å². The third-order valence-corrected chi connectivity index (χ3v) is 4.65. The second-order valence-corrected chi connectivity index (χ2v) is 6.70. The van der Waals surface area contributed by atoms with Gasteiger partial charge in [-0.15, -0.1) is 0 Å². The highest BCUT2D eigenvalue weighted by molar-refractivity contribution is 5.86. The Balaban J connectivity index is 2.63. The molecular formula is C19H15F9N2O2. The quantitative estimate of drug-likeness (QED) is 0.600. The van der Waals surface area contributed by atoms with Gasteiger partial charge < -0.3 is 10.1 Å². The van der Waals surface area contributed by atoms with Crippen molar-refractivity contribution in [2.75, 3.05) is 7.11 Å². The molecule has 32 heavy (non-hydrogen) atoms. The number of carbonyl (C=O) groups excluding carboxylic acids is 1. The van der Waals surface area contributed by atoms with Gasteiger partial charge in [-0.05, 0) is 36.8 Å². The second kappa shape index (κ2) is 8.60. The summed E-state index contributed by atoms with van der Waals surface area (Å²) in [4.78, 5) is 16.0. The number of carbonyl (C=O) groups is 1. The average Bonchev–Trinajstić information content (AvgIpc) is 2.69. The van der Waals surface area contributed by atoms with E-state index in [0.29, 0.717) is 32.2 Å². The lowest BCUT2D eigenvalue weighted by Gasteiger charge is -2.31. The smallest absolute Gasteiger partial charge is 0.361 e. The van der Waals surface area contributed by atoms with Gasteiger partial charge in [0, 0.05) is 13.3 Å². The molecule has 2 atom stereocenters. The molecule has 2 rings (SSSR count). The summed E-state index contributed by atoms with van der Waals surface area (Å²) in [5.74, 6) is -1.86. The Morgan fingerprint density at radius 1 is 0.938 bits per heavy atom. The standard InChI is InChI=1S/C19H15F9N2O2/c1-16(32-2,19(26,27)28)15(31)30-13(10-5-7-11(8-6-10)17(20,21)22)14-12(18(23,24)25)4-3-9-29-14/h3-9,13H,1-2H3,(H,30,31). The van der Waals surface area contributed by atoms with Gasteiger partial charge in [-0.2, -0.15) is 39.5 Å². The van der Waals surface area contributed by atoms with Crippen molar-refractivity contribution >= 4 is 5.91 Å². The number of hydrogen-bond donors (Lipinski definition) is 1. The van der Waals surface area contributed by atoms with Gasteiger partial charge in [-0.3, -0.25) is 9.78 Å². The monoisotopic (exact) mass is 474 g/mol. The summed E-state index contributed by atoms with van der Waals surface area (Å²) >= 11 is 0. The van der Waals surface area contributed by atoms with Crippen molar-refractivity contribution in [1.82, 2.24) is 10.3 Å². The van der Waals surface area contributed by atoms with E-state index in [1.807, 2.05) is 0 Å². The van der Waals surface area contributed by atoms with Crippen LogP contribution in [0.2, 0.25) is 0 Å². The highest BCUT2D eigenvalue weighted by Gasteiger charge is 2.58. The van der Waals surface area contributed by atoms with Crippen LogP contribution >= 0.6 is 0 Å². The number of pyridine rings is 1. The van der Waals surface area contributed by atoms with E-state index < -0.39 is 52.9 Å². The van der Waals surface area contributed by atoms with Crippen molar-refractivity contribution in [3.8, 4) is 0 Å². The number of hydrogen-bond acceptors (Lipinski definition) is 3.